The van der Waals surface area contributed by atoms with Crippen LogP contribution in [0, 0.1) is 13.8 Å². The molecule has 0 atom stereocenters. The zero-order chi connectivity index (χ0) is 13.1. The summed E-state index contributed by atoms with van der Waals surface area (Å²) in [6.45, 7) is 3.88. The molecule has 0 radical (unpaired) electrons. The van der Waals surface area contributed by atoms with Gasteiger partial charge < -0.3 is 14.3 Å². The third kappa shape index (κ3) is 2.53. The number of hydrogen-bond donors (Lipinski definition) is 1. The standard InChI is InChI=1S/C14H14O4/c1-9-4-3-5-12(14(15)16)13(9)17-8-11-7-6-10(2)18-11/h3-7H,8H2,1-2H3,(H,15,16). The summed E-state index contributed by atoms with van der Waals surface area (Å²) in [5.74, 6) is 0.868. The quantitative estimate of drug-likeness (QED) is 0.900. The van der Waals surface area contributed by atoms with Crippen molar-refractivity contribution in [1.29, 1.82) is 0 Å². The van der Waals surface area contributed by atoms with Crippen molar-refractivity contribution in [1.82, 2.24) is 0 Å². The van der Waals surface area contributed by atoms with Crippen molar-refractivity contribution in [2.75, 3.05) is 0 Å². The van der Waals surface area contributed by atoms with Crippen LogP contribution in [-0.2, 0) is 6.61 Å². The van der Waals surface area contributed by atoms with E-state index in [9.17, 15) is 4.79 Å². The molecule has 0 saturated heterocycles. The van der Waals surface area contributed by atoms with Gasteiger partial charge in [-0.25, -0.2) is 4.79 Å². The monoisotopic (exact) mass is 246 g/mol. The second kappa shape index (κ2) is 4.96. The molecular formula is C14H14O4. The summed E-state index contributed by atoms with van der Waals surface area (Å²) in [4.78, 5) is 11.1. The topological polar surface area (TPSA) is 59.7 Å². The maximum Gasteiger partial charge on any atom is 0.339 e. The Morgan fingerprint density at radius 1 is 1.28 bits per heavy atom. The minimum atomic E-state index is -0.996. The lowest BCUT2D eigenvalue weighted by molar-refractivity contribution is 0.0691. The molecule has 1 heterocycles. The molecule has 18 heavy (non-hydrogen) atoms. The summed E-state index contributed by atoms with van der Waals surface area (Å²) in [6.07, 6.45) is 0. The normalized spacial score (nSPS) is 10.3. The van der Waals surface area contributed by atoms with Crippen LogP contribution in [0.3, 0.4) is 0 Å². The number of aryl methyl sites for hydroxylation is 2. The van der Waals surface area contributed by atoms with Crippen LogP contribution in [-0.4, -0.2) is 11.1 Å². The van der Waals surface area contributed by atoms with Gasteiger partial charge >= 0.3 is 5.97 Å². The number of hydrogen-bond acceptors (Lipinski definition) is 3. The first kappa shape index (κ1) is 12.2. The Bertz CT molecular complexity index is 569. The molecule has 0 aliphatic rings. The zero-order valence-electron chi connectivity index (χ0n) is 10.3. The van der Waals surface area contributed by atoms with E-state index in [2.05, 4.69) is 0 Å². The van der Waals surface area contributed by atoms with Crippen LogP contribution in [0.1, 0.15) is 27.4 Å². The summed E-state index contributed by atoms with van der Waals surface area (Å²) in [5.41, 5.74) is 0.955. The van der Waals surface area contributed by atoms with E-state index in [1.165, 1.54) is 6.07 Å². The van der Waals surface area contributed by atoms with Gasteiger partial charge in [0.2, 0.25) is 0 Å². The number of rotatable bonds is 4. The molecule has 2 aromatic rings. The minimum Gasteiger partial charge on any atom is -0.484 e. The van der Waals surface area contributed by atoms with Crippen molar-refractivity contribution in [3.8, 4) is 5.75 Å². The molecule has 0 fully saturated rings. The first-order valence-corrected chi connectivity index (χ1v) is 5.59. The molecule has 0 aliphatic heterocycles. The number of ether oxygens (including phenoxy) is 1. The fourth-order valence-electron chi connectivity index (χ4n) is 1.72. The maximum atomic E-state index is 11.1. The molecule has 0 amide bonds. The predicted molar refractivity (Wildman–Crippen MR) is 65.9 cm³/mol. The molecule has 94 valence electrons. The fraction of sp³-hybridized carbons (Fsp3) is 0.214. The van der Waals surface area contributed by atoms with E-state index in [0.717, 1.165) is 11.3 Å². The molecule has 0 saturated carbocycles. The number of para-hydroxylation sites is 1. The smallest absolute Gasteiger partial charge is 0.339 e. The van der Waals surface area contributed by atoms with E-state index in [4.69, 9.17) is 14.3 Å². The Balaban J connectivity index is 2.20. The van der Waals surface area contributed by atoms with Crippen LogP contribution in [0.2, 0.25) is 0 Å². The van der Waals surface area contributed by atoms with Crippen LogP contribution >= 0.6 is 0 Å². The summed E-state index contributed by atoms with van der Waals surface area (Å²) in [7, 11) is 0. The van der Waals surface area contributed by atoms with Crippen molar-refractivity contribution in [2.24, 2.45) is 0 Å². The van der Waals surface area contributed by atoms with Crippen LogP contribution < -0.4 is 4.74 Å². The van der Waals surface area contributed by atoms with E-state index in [0.29, 0.717) is 11.5 Å². The van der Waals surface area contributed by atoms with Gasteiger partial charge in [0.1, 0.15) is 29.4 Å². The maximum absolute atomic E-state index is 11.1. The molecule has 0 unspecified atom stereocenters. The van der Waals surface area contributed by atoms with Gasteiger partial charge in [-0.2, -0.15) is 0 Å². The van der Waals surface area contributed by atoms with Crippen LogP contribution in [0.5, 0.6) is 5.75 Å². The van der Waals surface area contributed by atoms with Gasteiger partial charge in [0.05, 0.1) is 0 Å². The molecule has 4 nitrogen and oxygen atoms in total. The van der Waals surface area contributed by atoms with Gasteiger partial charge in [0.25, 0.3) is 0 Å². The third-order valence-corrected chi connectivity index (χ3v) is 2.60. The lowest BCUT2D eigenvalue weighted by Gasteiger charge is -2.10. The number of carboxylic acids is 1. The Labute approximate surface area is 105 Å². The molecule has 0 bridgehead atoms. The molecular weight excluding hydrogens is 232 g/mol. The summed E-state index contributed by atoms with van der Waals surface area (Å²) < 4.78 is 10.9. The highest BCUT2D eigenvalue weighted by molar-refractivity contribution is 5.91. The molecule has 1 aromatic heterocycles. The summed E-state index contributed by atoms with van der Waals surface area (Å²) in [5, 5.41) is 9.09. The highest BCUT2D eigenvalue weighted by Crippen LogP contribution is 2.24. The Kier molecular flexibility index (Phi) is 3.37. The third-order valence-electron chi connectivity index (χ3n) is 2.60. The van der Waals surface area contributed by atoms with E-state index in [-0.39, 0.29) is 12.2 Å². The first-order valence-electron chi connectivity index (χ1n) is 5.59. The van der Waals surface area contributed by atoms with Crippen LogP contribution in [0.15, 0.2) is 34.7 Å². The first-order chi connectivity index (χ1) is 8.58. The molecule has 1 aromatic carbocycles. The highest BCUT2D eigenvalue weighted by atomic mass is 16.5. The minimum absolute atomic E-state index is 0.165. The van der Waals surface area contributed by atoms with Crippen molar-refractivity contribution in [3.63, 3.8) is 0 Å². The second-order valence-corrected chi connectivity index (χ2v) is 4.06. The van der Waals surface area contributed by atoms with E-state index in [1.54, 1.807) is 6.07 Å². The van der Waals surface area contributed by atoms with Crippen molar-refractivity contribution < 1.29 is 19.1 Å². The molecule has 2 rings (SSSR count). The van der Waals surface area contributed by atoms with Crippen molar-refractivity contribution in [2.45, 2.75) is 20.5 Å². The molecule has 4 heteroatoms. The van der Waals surface area contributed by atoms with Crippen LogP contribution in [0.25, 0.3) is 0 Å². The zero-order valence-corrected chi connectivity index (χ0v) is 10.3. The number of aromatic carboxylic acids is 1. The van der Waals surface area contributed by atoms with E-state index < -0.39 is 5.97 Å². The lowest BCUT2D eigenvalue weighted by atomic mass is 10.1. The predicted octanol–water partition coefficient (Wildman–Crippen LogP) is 3.17. The second-order valence-electron chi connectivity index (χ2n) is 4.06. The van der Waals surface area contributed by atoms with Crippen molar-refractivity contribution in [3.05, 3.63) is 53.0 Å². The van der Waals surface area contributed by atoms with Gasteiger partial charge in [0, 0.05) is 0 Å². The highest BCUT2D eigenvalue weighted by Gasteiger charge is 2.13. The SMILES string of the molecule is Cc1ccc(COc2c(C)cccc2C(=O)O)o1. The lowest BCUT2D eigenvalue weighted by Crippen LogP contribution is -2.04. The summed E-state index contributed by atoms with van der Waals surface area (Å²) >= 11 is 0. The number of carbonyl (C=O) groups is 1. The van der Waals surface area contributed by atoms with Gasteiger partial charge in [-0.1, -0.05) is 12.1 Å². The molecule has 0 aliphatic carbocycles. The van der Waals surface area contributed by atoms with E-state index in [1.807, 2.05) is 32.0 Å². The molecule has 1 N–H and O–H groups in total. The fourth-order valence-corrected chi connectivity index (χ4v) is 1.72. The van der Waals surface area contributed by atoms with Gasteiger partial charge in [-0.05, 0) is 37.6 Å². The Morgan fingerprint density at radius 3 is 2.67 bits per heavy atom. The van der Waals surface area contributed by atoms with Crippen molar-refractivity contribution >= 4 is 5.97 Å². The number of carboxylic acid groups (broad SMARTS) is 1. The van der Waals surface area contributed by atoms with Gasteiger partial charge in [-0.15, -0.1) is 0 Å². The largest absolute Gasteiger partial charge is 0.484 e. The Morgan fingerprint density at radius 2 is 2.06 bits per heavy atom. The Hall–Kier alpha value is -2.23. The van der Waals surface area contributed by atoms with E-state index >= 15 is 0 Å². The average Bonchev–Trinajstić information content (AvgIpc) is 2.73. The summed E-state index contributed by atoms with van der Waals surface area (Å²) in [6, 6.07) is 8.69. The van der Waals surface area contributed by atoms with Crippen LogP contribution in [0.4, 0.5) is 0 Å². The van der Waals surface area contributed by atoms with Gasteiger partial charge in [0.15, 0.2) is 0 Å². The number of benzene rings is 1. The van der Waals surface area contributed by atoms with Gasteiger partial charge in [-0.3, -0.25) is 0 Å². The molecule has 0 spiro atoms. The average molecular weight is 246 g/mol. The number of furan rings is 1.